The summed E-state index contributed by atoms with van der Waals surface area (Å²) in [6, 6.07) is 30.0. The predicted molar refractivity (Wildman–Crippen MR) is 154 cm³/mol. The van der Waals surface area contributed by atoms with Gasteiger partial charge in [-0.2, -0.15) is 0 Å². The van der Waals surface area contributed by atoms with Gasteiger partial charge in [0, 0.05) is 16.6 Å². The average Bonchev–Trinajstić information content (AvgIpc) is 3.66. The van der Waals surface area contributed by atoms with Gasteiger partial charge in [-0.25, -0.2) is 9.98 Å². The van der Waals surface area contributed by atoms with Gasteiger partial charge in [0.25, 0.3) is 5.69 Å². The first-order valence-corrected chi connectivity index (χ1v) is 13.2. The molecular weight excluding hydrogens is 560 g/mol. The Balaban J connectivity index is 1.36. The fourth-order valence-corrected chi connectivity index (χ4v) is 4.97. The molecule has 8 nitrogen and oxygen atoms in total. The van der Waals surface area contributed by atoms with Crippen molar-refractivity contribution in [3.8, 4) is 0 Å². The summed E-state index contributed by atoms with van der Waals surface area (Å²) in [5.41, 5.74) is 4.69. The number of nitro benzene ring substituents is 1. The molecule has 1 N–H and O–H groups in total. The van der Waals surface area contributed by atoms with E-state index >= 15 is 0 Å². The number of nitrogens with zero attached hydrogens (tertiary/aromatic N) is 3. The molecule has 2 atom stereocenters. The Morgan fingerprint density at radius 2 is 1.26 bits per heavy atom. The molecule has 4 aromatic rings. The van der Waals surface area contributed by atoms with Gasteiger partial charge in [0.15, 0.2) is 0 Å². The maximum Gasteiger partial charge on any atom is 0.270 e. The number of nitrogens with one attached hydrogen (secondary N) is 1. The number of hydrogen-bond donors (Lipinski definition) is 1. The van der Waals surface area contributed by atoms with Crippen molar-refractivity contribution in [3.05, 3.63) is 134 Å². The largest absolute Gasteiger partial charge is 0.475 e. The zero-order chi connectivity index (χ0) is 26.8. The molecule has 0 spiro atoms. The van der Waals surface area contributed by atoms with Crippen LogP contribution in [0.2, 0.25) is 0 Å². The molecule has 2 heterocycles. The lowest BCUT2D eigenvalue weighted by Gasteiger charge is -2.15. The van der Waals surface area contributed by atoms with E-state index in [2.05, 4.69) is 21.2 Å². The van der Waals surface area contributed by atoms with Crippen molar-refractivity contribution in [1.29, 1.82) is 0 Å². The predicted octanol–water partition coefficient (Wildman–Crippen LogP) is 7.14. The molecule has 2 aliphatic rings. The number of non-ortho nitro benzene ring substituents is 1. The molecule has 4 aromatic carbocycles. The third-order valence-corrected chi connectivity index (χ3v) is 7.09. The third-order valence-electron chi connectivity index (χ3n) is 6.60. The molecule has 194 valence electrons. The second kappa shape index (κ2) is 10.7. The van der Waals surface area contributed by atoms with E-state index in [1.807, 2.05) is 78.9 Å². The fraction of sp³-hybridized carbons (Fsp3) is 0.133. The van der Waals surface area contributed by atoms with Gasteiger partial charge in [-0.1, -0.05) is 76.6 Å². The second-order valence-corrected chi connectivity index (χ2v) is 10.1. The Labute approximate surface area is 233 Å². The Bertz CT molecular complexity index is 1590. The Hall–Kier alpha value is -4.50. The van der Waals surface area contributed by atoms with Crippen LogP contribution in [0.25, 0.3) is 0 Å². The monoisotopic (exact) mass is 582 g/mol. The smallest absolute Gasteiger partial charge is 0.270 e. The van der Waals surface area contributed by atoms with Gasteiger partial charge >= 0.3 is 0 Å². The fourth-order valence-electron chi connectivity index (χ4n) is 4.61. The zero-order valence-corrected chi connectivity index (χ0v) is 22.2. The molecule has 0 radical (unpaired) electrons. The second-order valence-electron chi connectivity index (χ2n) is 9.15. The number of ether oxygens (including phenoxy) is 2. The minimum atomic E-state index is -0.423. The molecular formula is C30H23BrN4O4. The van der Waals surface area contributed by atoms with Crippen LogP contribution in [-0.2, 0) is 9.47 Å². The number of nitro groups is 1. The van der Waals surface area contributed by atoms with Crippen molar-refractivity contribution in [2.75, 3.05) is 18.5 Å². The summed E-state index contributed by atoms with van der Waals surface area (Å²) in [6.45, 7) is 0.802. The normalized spacial score (nSPS) is 18.1. The molecule has 0 aromatic heterocycles. The molecule has 6 rings (SSSR count). The minimum Gasteiger partial charge on any atom is -0.475 e. The standard InChI is InChI=1S/C30H23BrN4O4/c31-21-11-13-25(23(15-21)29-33-27(17-38-29)19-7-3-1-4-8-19)32-26-14-12-22(35(36)37)16-24(26)30-34-28(18-39-30)20-9-5-2-6-10-20/h1-16,27-28,32H,17-18H2/t27-,28-/m0/s1. The van der Waals surface area contributed by atoms with Gasteiger partial charge in [0.05, 0.1) is 27.4 Å². The summed E-state index contributed by atoms with van der Waals surface area (Å²) in [6.07, 6.45) is 0. The highest BCUT2D eigenvalue weighted by Gasteiger charge is 2.27. The molecule has 0 aliphatic carbocycles. The summed E-state index contributed by atoms with van der Waals surface area (Å²) < 4.78 is 12.9. The number of anilines is 2. The van der Waals surface area contributed by atoms with Crippen molar-refractivity contribution in [2.24, 2.45) is 9.98 Å². The van der Waals surface area contributed by atoms with Crippen LogP contribution in [0.15, 0.2) is 112 Å². The summed E-state index contributed by atoms with van der Waals surface area (Å²) >= 11 is 3.56. The SMILES string of the molecule is O=[N+]([O-])c1ccc(Nc2ccc(Br)cc2C2=N[C@H](c3ccccc3)CO2)c(C2=N[C@H](c3ccccc3)CO2)c1. The highest BCUT2D eigenvalue weighted by Crippen LogP contribution is 2.34. The van der Waals surface area contributed by atoms with E-state index in [-0.39, 0.29) is 17.8 Å². The number of rotatable bonds is 7. The Morgan fingerprint density at radius 3 is 1.79 bits per heavy atom. The van der Waals surface area contributed by atoms with Crippen molar-refractivity contribution in [1.82, 2.24) is 0 Å². The number of benzene rings is 4. The molecule has 0 saturated carbocycles. The van der Waals surface area contributed by atoms with Crippen LogP contribution in [0.5, 0.6) is 0 Å². The first-order chi connectivity index (χ1) is 19.0. The zero-order valence-electron chi connectivity index (χ0n) is 20.7. The van der Waals surface area contributed by atoms with Crippen LogP contribution in [0.1, 0.15) is 34.3 Å². The lowest BCUT2D eigenvalue weighted by atomic mass is 10.1. The third kappa shape index (κ3) is 5.26. The van der Waals surface area contributed by atoms with Gasteiger partial charge in [-0.05, 0) is 35.4 Å². The summed E-state index contributed by atoms with van der Waals surface area (Å²) in [5, 5.41) is 15.0. The Kier molecular flexibility index (Phi) is 6.81. The van der Waals surface area contributed by atoms with E-state index < -0.39 is 4.92 Å². The quantitative estimate of drug-likeness (QED) is 0.184. The van der Waals surface area contributed by atoms with Gasteiger partial charge < -0.3 is 14.8 Å². The molecule has 9 heteroatoms. The number of halogens is 1. The van der Waals surface area contributed by atoms with Crippen LogP contribution in [0, 0.1) is 10.1 Å². The van der Waals surface area contributed by atoms with Crippen LogP contribution < -0.4 is 5.32 Å². The minimum absolute atomic E-state index is 0.0461. The summed E-state index contributed by atoms with van der Waals surface area (Å²) in [5.74, 6) is 0.877. The molecule has 2 aliphatic heterocycles. The van der Waals surface area contributed by atoms with E-state index in [0.717, 1.165) is 26.9 Å². The molecule has 0 amide bonds. The molecule has 0 unspecified atom stereocenters. The highest BCUT2D eigenvalue weighted by atomic mass is 79.9. The van der Waals surface area contributed by atoms with E-state index in [1.165, 1.54) is 12.1 Å². The van der Waals surface area contributed by atoms with Gasteiger partial charge in [0.2, 0.25) is 11.8 Å². The van der Waals surface area contributed by atoms with E-state index in [9.17, 15) is 10.1 Å². The average molecular weight is 583 g/mol. The van der Waals surface area contributed by atoms with E-state index in [0.29, 0.717) is 36.3 Å². The summed E-state index contributed by atoms with van der Waals surface area (Å²) in [7, 11) is 0. The first-order valence-electron chi connectivity index (χ1n) is 12.4. The molecule has 0 bridgehead atoms. The van der Waals surface area contributed by atoms with Crippen LogP contribution in [0.4, 0.5) is 17.1 Å². The van der Waals surface area contributed by atoms with Crippen molar-refractivity contribution >= 4 is 44.8 Å². The van der Waals surface area contributed by atoms with Crippen LogP contribution >= 0.6 is 15.9 Å². The van der Waals surface area contributed by atoms with E-state index in [1.54, 1.807) is 6.07 Å². The van der Waals surface area contributed by atoms with Gasteiger partial charge in [-0.15, -0.1) is 0 Å². The number of hydrogen-bond acceptors (Lipinski definition) is 7. The first kappa shape index (κ1) is 24.8. The number of aliphatic imine (C=N–C) groups is 2. The van der Waals surface area contributed by atoms with E-state index in [4.69, 9.17) is 19.5 Å². The molecule has 0 saturated heterocycles. The summed E-state index contributed by atoms with van der Waals surface area (Å²) in [4.78, 5) is 20.8. The van der Waals surface area contributed by atoms with Crippen LogP contribution in [-0.4, -0.2) is 29.9 Å². The Morgan fingerprint density at radius 1 is 0.744 bits per heavy atom. The lowest BCUT2D eigenvalue weighted by Crippen LogP contribution is -2.09. The van der Waals surface area contributed by atoms with Crippen molar-refractivity contribution in [3.63, 3.8) is 0 Å². The van der Waals surface area contributed by atoms with Crippen molar-refractivity contribution < 1.29 is 14.4 Å². The molecule has 0 fully saturated rings. The maximum absolute atomic E-state index is 11.6. The lowest BCUT2D eigenvalue weighted by molar-refractivity contribution is -0.384. The van der Waals surface area contributed by atoms with Gasteiger partial charge in [0.1, 0.15) is 25.3 Å². The van der Waals surface area contributed by atoms with Crippen molar-refractivity contribution in [2.45, 2.75) is 12.1 Å². The highest BCUT2D eigenvalue weighted by molar-refractivity contribution is 9.10. The topological polar surface area (TPSA) is 98.4 Å². The molecule has 39 heavy (non-hydrogen) atoms. The maximum atomic E-state index is 11.6. The van der Waals surface area contributed by atoms with Gasteiger partial charge in [-0.3, -0.25) is 10.1 Å². The van der Waals surface area contributed by atoms with Crippen LogP contribution in [0.3, 0.4) is 0 Å².